The summed E-state index contributed by atoms with van der Waals surface area (Å²) in [5, 5.41) is 14.9. The molecule has 2 aromatic carbocycles. The average molecular weight is 451 g/mol. The maximum Gasteiger partial charge on any atom is 0.253 e. The van der Waals surface area contributed by atoms with Gasteiger partial charge in [-0.2, -0.15) is 0 Å². The van der Waals surface area contributed by atoms with Crippen molar-refractivity contribution in [1.82, 2.24) is 15.5 Å². The minimum Gasteiger partial charge on any atom is -0.497 e. The third kappa shape index (κ3) is 5.23. The molecule has 1 atom stereocenters. The van der Waals surface area contributed by atoms with Crippen LogP contribution in [0, 0.1) is 0 Å². The van der Waals surface area contributed by atoms with E-state index in [4.69, 9.17) is 27.9 Å². The molecule has 0 fully saturated rings. The standard InChI is InChI=1S/C19H16Cl2N4O3S/c1-10(22-17(27)14-8-5-12(20)9-15(14)21)16(26)23-19-25-24-18(29-19)11-3-6-13(28-2)7-4-11/h3-10H,1-2H3,(H,22,27)(H,23,25,26). The minimum atomic E-state index is -0.817. The van der Waals surface area contributed by atoms with Gasteiger partial charge in [-0.05, 0) is 49.4 Å². The lowest BCUT2D eigenvalue weighted by Gasteiger charge is -2.13. The molecule has 0 radical (unpaired) electrons. The highest BCUT2D eigenvalue weighted by atomic mass is 35.5. The number of ether oxygens (including phenoxy) is 1. The molecule has 0 saturated heterocycles. The Morgan fingerprint density at radius 3 is 2.48 bits per heavy atom. The van der Waals surface area contributed by atoms with Crippen molar-refractivity contribution < 1.29 is 14.3 Å². The highest BCUT2D eigenvalue weighted by molar-refractivity contribution is 7.18. The van der Waals surface area contributed by atoms with Crippen molar-refractivity contribution in [3.63, 3.8) is 0 Å². The summed E-state index contributed by atoms with van der Waals surface area (Å²) in [5.41, 5.74) is 1.08. The molecule has 0 saturated carbocycles. The summed E-state index contributed by atoms with van der Waals surface area (Å²) < 4.78 is 5.13. The highest BCUT2D eigenvalue weighted by Gasteiger charge is 2.20. The molecule has 1 aromatic heterocycles. The van der Waals surface area contributed by atoms with Crippen molar-refractivity contribution in [2.45, 2.75) is 13.0 Å². The van der Waals surface area contributed by atoms with Crippen LogP contribution < -0.4 is 15.4 Å². The summed E-state index contributed by atoms with van der Waals surface area (Å²) >= 11 is 13.1. The largest absolute Gasteiger partial charge is 0.497 e. The predicted octanol–water partition coefficient (Wildman–Crippen LogP) is 4.28. The molecule has 10 heteroatoms. The summed E-state index contributed by atoms with van der Waals surface area (Å²) in [6.45, 7) is 1.56. The monoisotopic (exact) mass is 450 g/mol. The Balaban J connectivity index is 1.62. The lowest BCUT2D eigenvalue weighted by molar-refractivity contribution is -0.117. The third-order valence-electron chi connectivity index (χ3n) is 3.91. The number of carbonyl (C=O) groups excluding carboxylic acids is 2. The molecule has 0 bridgehead atoms. The number of nitrogens with one attached hydrogen (secondary N) is 2. The lowest BCUT2D eigenvalue weighted by Crippen LogP contribution is -2.41. The van der Waals surface area contributed by atoms with Crippen molar-refractivity contribution in [1.29, 1.82) is 0 Å². The van der Waals surface area contributed by atoms with Crippen molar-refractivity contribution in [3.8, 4) is 16.3 Å². The Labute approximate surface area is 181 Å². The minimum absolute atomic E-state index is 0.205. The van der Waals surface area contributed by atoms with Crippen LogP contribution in [-0.4, -0.2) is 35.2 Å². The second-order valence-corrected chi connectivity index (χ2v) is 7.77. The van der Waals surface area contributed by atoms with Gasteiger partial charge in [-0.25, -0.2) is 0 Å². The van der Waals surface area contributed by atoms with Crippen molar-refractivity contribution >= 4 is 51.5 Å². The molecule has 2 amide bonds. The van der Waals surface area contributed by atoms with Crippen LogP contribution in [0.4, 0.5) is 5.13 Å². The second-order valence-electron chi connectivity index (χ2n) is 5.95. The zero-order valence-corrected chi connectivity index (χ0v) is 17.7. The van der Waals surface area contributed by atoms with Crippen LogP contribution in [0.3, 0.4) is 0 Å². The summed E-state index contributed by atoms with van der Waals surface area (Å²) in [6, 6.07) is 11.0. The van der Waals surface area contributed by atoms with Crippen LogP contribution in [0.1, 0.15) is 17.3 Å². The van der Waals surface area contributed by atoms with E-state index in [2.05, 4.69) is 20.8 Å². The van der Waals surface area contributed by atoms with E-state index in [0.717, 1.165) is 11.3 Å². The number of rotatable bonds is 6. The molecule has 1 unspecified atom stereocenters. The van der Waals surface area contributed by atoms with Crippen molar-refractivity contribution in [3.05, 3.63) is 58.1 Å². The third-order valence-corrected chi connectivity index (χ3v) is 5.34. The molecule has 29 heavy (non-hydrogen) atoms. The first kappa shape index (κ1) is 21.0. The number of aromatic nitrogens is 2. The van der Waals surface area contributed by atoms with Crippen molar-refractivity contribution in [2.75, 3.05) is 12.4 Å². The van der Waals surface area contributed by atoms with Gasteiger partial charge < -0.3 is 10.1 Å². The van der Waals surface area contributed by atoms with Gasteiger partial charge >= 0.3 is 0 Å². The first-order valence-electron chi connectivity index (χ1n) is 8.42. The van der Waals surface area contributed by atoms with E-state index >= 15 is 0 Å². The molecule has 0 aliphatic heterocycles. The van der Waals surface area contributed by atoms with Gasteiger partial charge in [-0.3, -0.25) is 14.9 Å². The van der Waals surface area contributed by atoms with Crippen molar-refractivity contribution in [2.24, 2.45) is 0 Å². The van der Waals surface area contributed by atoms with E-state index in [0.29, 0.717) is 15.2 Å². The molecule has 0 aliphatic rings. The number of halogens is 2. The molecule has 3 aromatic rings. The van der Waals surface area contributed by atoms with Crippen LogP contribution in [0.15, 0.2) is 42.5 Å². The molecule has 7 nitrogen and oxygen atoms in total. The molecule has 150 valence electrons. The van der Waals surface area contributed by atoms with Gasteiger partial charge in [0.1, 0.15) is 16.8 Å². The number of amides is 2. The summed E-state index contributed by atoms with van der Waals surface area (Å²) in [5.74, 6) is -0.177. The normalized spacial score (nSPS) is 11.6. The van der Waals surface area contributed by atoms with Gasteiger partial charge in [0.05, 0.1) is 17.7 Å². The number of nitrogens with zero attached hydrogens (tertiary/aromatic N) is 2. The predicted molar refractivity (Wildman–Crippen MR) is 114 cm³/mol. The molecular formula is C19H16Cl2N4O3S. The Hall–Kier alpha value is -2.68. The summed E-state index contributed by atoms with van der Waals surface area (Å²) in [7, 11) is 1.59. The Morgan fingerprint density at radius 2 is 1.83 bits per heavy atom. The molecule has 2 N–H and O–H groups in total. The fraction of sp³-hybridized carbons (Fsp3) is 0.158. The topological polar surface area (TPSA) is 93.2 Å². The second kappa shape index (κ2) is 9.21. The van der Waals surface area contributed by atoms with Gasteiger partial charge in [0.25, 0.3) is 5.91 Å². The van der Waals surface area contributed by atoms with Crippen LogP contribution >= 0.6 is 34.5 Å². The summed E-state index contributed by atoms with van der Waals surface area (Å²) in [6.07, 6.45) is 0. The average Bonchev–Trinajstić information content (AvgIpc) is 3.16. The fourth-order valence-corrected chi connectivity index (χ4v) is 3.60. The summed E-state index contributed by atoms with van der Waals surface area (Å²) in [4.78, 5) is 24.7. The molecule has 0 aliphatic carbocycles. The number of hydrogen-bond acceptors (Lipinski definition) is 6. The van der Waals surface area contributed by atoms with Crippen LogP contribution in [-0.2, 0) is 4.79 Å². The zero-order chi connectivity index (χ0) is 21.0. The quantitative estimate of drug-likeness (QED) is 0.584. The van der Waals surface area contributed by atoms with Gasteiger partial charge in [0.2, 0.25) is 11.0 Å². The van der Waals surface area contributed by atoms with Gasteiger partial charge in [-0.15, -0.1) is 10.2 Å². The fourth-order valence-electron chi connectivity index (χ4n) is 2.35. The number of carbonyl (C=O) groups is 2. The number of benzene rings is 2. The molecular weight excluding hydrogens is 435 g/mol. The Kier molecular flexibility index (Phi) is 6.68. The smallest absolute Gasteiger partial charge is 0.253 e. The van der Waals surface area contributed by atoms with E-state index in [1.165, 1.54) is 23.5 Å². The number of methoxy groups -OCH3 is 1. The van der Waals surface area contributed by atoms with Gasteiger partial charge in [0.15, 0.2) is 0 Å². The number of anilines is 1. The zero-order valence-electron chi connectivity index (χ0n) is 15.4. The number of hydrogen-bond donors (Lipinski definition) is 2. The molecule has 1 heterocycles. The van der Waals surface area contributed by atoms with E-state index < -0.39 is 17.9 Å². The van der Waals surface area contributed by atoms with E-state index in [1.54, 1.807) is 20.1 Å². The first-order chi connectivity index (χ1) is 13.9. The lowest BCUT2D eigenvalue weighted by atomic mass is 10.2. The molecule has 0 spiro atoms. The van der Waals surface area contributed by atoms with E-state index in [9.17, 15) is 9.59 Å². The van der Waals surface area contributed by atoms with E-state index in [1.807, 2.05) is 24.3 Å². The first-order valence-corrected chi connectivity index (χ1v) is 9.99. The highest BCUT2D eigenvalue weighted by Crippen LogP contribution is 2.28. The maximum absolute atomic E-state index is 12.4. The van der Waals surface area contributed by atoms with E-state index in [-0.39, 0.29) is 10.6 Å². The SMILES string of the molecule is COc1ccc(-c2nnc(NC(=O)C(C)NC(=O)c3ccc(Cl)cc3Cl)s2)cc1. The van der Waals surface area contributed by atoms with Gasteiger partial charge in [-0.1, -0.05) is 34.5 Å². The Bertz CT molecular complexity index is 1040. The van der Waals surface area contributed by atoms with Gasteiger partial charge in [0, 0.05) is 10.6 Å². The Morgan fingerprint density at radius 1 is 1.10 bits per heavy atom. The van der Waals surface area contributed by atoms with Crippen LogP contribution in [0.2, 0.25) is 10.0 Å². The maximum atomic E-state index is 12.4. The molecule has 3 rings (SSSR count). The van der Waals surface area contributed by atoms with Crippen LogP contribution in [0.5, 0.6) is 5.75 Å². The van der Waals surface area contributed by atoms with Crippen LogP contribution in [0.25, 0.3) is 10.6 Å².